The van der Waals surface area contributed by atoms with E-state index in [0.29, 0.717) is 12.5 Å². The highest BCUT2D eigenvalue weighted by Gasteiger charge is 2.18. The fourth-order valence-corrected chi connectivity index (χ4v) is 3.66. The minimum atomic E-state index is -0.205. The highest BCUT2D eigenvalue weighted by Crippen LogP contribution is 2.19. The minimum Gasteiger partial charge on any atom is -0.370 e. The SMILES string of the molecule is I.NC(=NCc1cccc(N2CC=CC2)c1)N1CCN(c2ccc(F)cc2)CC1. The van der Waals surface area contributed by atoms with Gasteiger partial charge < -0.3 is 20.4 Å². The van der Waals surface area contributed by atoms with E-state index in [9.17, 15) is 4.39 Å². The molecular weight excluding hydrogens is 480 g/mol. The van der Waals surface area contributed by atoms with Crippen LogP contribution in [0.1, 0.15) is 5.56 Å². The molecule has 7 heteroatoms. The van der Waals surface area contributed by atoms with Crippen LogP contribution >= 0.6 is 24.0 Å². The van der Waals surface area contributed by atoms with E-state index in [0.717, 1.165) is 50.5 Å². The van der Waals surface area contributed by atoms with Crippen molar-refractivity contribution in [2.45, 2.75) is 6.54 Å². The number of anilines is 2. The Balaban J connectivity index is 0.00000240. The van der Waals surface area contributed by atoms with E-state index in [4.69, 9.17) is 5.73 Å². The van der Waals surface area contributed by atoms with Crippen molar-refractivity contribution in [1.29, 1.82) is 0 Å². The lowest BCUT2D eigenvalue weighted by atomic mass is 10.2. The largest absolute Gasteiger partial charge is 0.370 e. The Morgan fingerprint density at radius 2 is 1.59 bits per heavy atom. The molecule has 4 rings (SSSR count). The number of benzene rings is 2. The number of rotatable bonds is 4. The standard InChI is InChI=1S/C22H26FN5.HI/c23-19-6-8-20(9-7-19)27-12-14-28(15-13-27)22(24)25-17-18-4-3-5-21(16-18)26-10-1-2-11-26;/h1-9,16H,10-15,17H2,(H2,24,25);1H. The number of piperazine rings is 1. The van der Waals surface area contributed by atoms with E-state index in [1.165, 1.54) is 17.8 Å². The first-order valence-electron chi connectivity index (χ1n) is 9.73. The molecule has 0 spiro atoms. The number of nitrogens with zero attached hydrogens (tertiary/aromatic N) is 4. The maximum absolute atomic E-state index is 13.1. The van der Waals surface area contributed by atoms with Crippen molar-refractivity contribution >= 4 is 41.3 Å². The number of halogens is 2. The summed E-state index contributed by atoms with van der Waals surface area (Å²) in [5.74, 6) is 0.385. The molecule has 2 aromatic rings. The monoisotopic (exact) mass is 507 g/mol. The molecule has 2 aromatic carbocycles. The van der Waals surface area contributed by atoms with Gasteiger partial charge in [-0.1, -0.05) is 24.3 Å². The number of aliphatic imine (C=N–C) groups is 1. The fourth-order valence-electron chi connectivity index (χ4n) is 3.66. The summed E-state index contributed by atoms with van der Waals surface area (Å²) in [6.45, 7) is 5.83. The van der Waals surface area contributed by atoms with Crippen molar-refractivity contribution in [3.05, 3.63) is 72.1 Å². The van der Waals surface area contributed by atoms with Crippen LogP contribution in [-0.2, 0) is 6.54 Å². The van der Waals surface area contributed by atoms with Crippen molar-refractivity contribution in [2.75, 3.05) is 49.1 Å². The molecule has 2 N–H and O–H groups in total. The van der Waals surface area contributed by atoms with E-state index in [-0.39, 0.29) is 29.8 Å². The molecule has 0 aliphatic carbocycles. The van der Waals surface area contributed by atoms with Gasteiger partial charge >= 0.3 is 0 Å². The zero-order valence-corrected chi connectivity index (χ0v) is 18.7. The molecule has 154 valence electrons. The summed E-state index contributed by atoms with van der Waals surface area (Å²) in [5, 5.41) is 0. The Labute approximate surface area is 188 Å². The second-order valence-electron chi connectivity index (χ2n) is 7.17. The predicted octanol–water partition coefficient (Wildman–Crippen LogP) is 3.46. The van der Waals surface area contributed by atoms with Crippen LogP contribution in [0.2, 0.25) is 0 Å². The molecule has 2 heterocycles. The molecule has 0 bridgehead atoms. The number of hydrogen-bond acceptors (Lipinski definition) is 3. The lowest BCUT2D eigenvalue weighted by molar-refractivity contribution is 0.380. The summed E-state index contributed by atoms with van der Waals surface area (Å²) in [4.78, 5) is 11.3. The first-order valence-corrected chi connectivity index (χ1v) is 9.73. The van der Waals surface area contributed by atoms with Gasteiger partial charge in [-0.15, -0.1) is 24.0 Å². The van der Waals surface area contributed by atoms with E-state index in [1.807, 2.05) is 12.1 Å². The van der Waals surface area contributed by atoms with Gasteiger partial charge in [-0.25, -0.2) is 9.38 Å². The van der Waals surface area contributed by atoms with E-state index in [1.54, 1.807) is 0 Å². The maximum atomic E-state index is 13.1. The Bertz CT molecular complexity index is 852. The lowest BCUT2D eigenvalue weighted by Gasteiger charge is -2.36. The molecular formula is C22H27FIN5. The second kappa shape index (κ2) is 9.96. The van der Waals surface area contributed by atoms with Gasteiger partial charge in [-0.2, -0.15) is 0 Å². The van der Waals surface area contributed by atoms with Crippen molar-refractivity contribution in [2.24, 2.45) is 10.7 Å². The quantitative estimate of drug-likeness (QED) is 0.298. The van der Waals surface area contributed by atoms with Crippen molar-refractivity contribution in [3.8, 4) is 0 Å². The fraction of sp³-hybridized carbons (Fsp3) is 0.318. The van der Waals surface area contributed by atoms with Crippen LogP contribution in [0.3, 0.4) is 0 Å². The molecule has 0 aromatic heterocycles. The summed E-state index contributed by atoms with van der Waals surface area (Å²) in [6.07, 6.45) is 4.38. The van der Waals surface area contributed by atoms with Gasteiger partial charge in [0.15, 0.2) is 5.96 Å². The third-order valence-electron chi connectivity index (χ3n) is 5.31. The van der Waals surface area contributed by atoms with Gasteiger partial charge in [0.25, 0.3) is 0 Å². The van der Waals surface area contributed by atoms with Crippen molar-refractivity contribution < 1.29 is 4.39 Å². The molecule has 5 nitrogen and oxygen atoms in total. The highest BCUT2D eigenvalue weighted by molar-refractivity contribution is 14.0. The Morgan fingerprint density at radius 3 is 2.28 bits per heavy atom. The smallest absolute Gasteiger partial charge is 0.191 e. The van der Waals surface area contributed by atoms with Gasteiger partial charge in [-0.3, -0.25) is 0 Å². The summed E-state index contributed by atoms with van der Waals surface area (Å²) in [7, 11) is 0. The Morgan fingerprint density at radius 1 is 0.897 bits per heavy atom. The van der Waals surface area contributed by atoms with Crippen LogP contribution in [0.4, 0.5) is 15.8 Å². The molecule has 0 amide bonds. The van der Waals surface area contributed by atoms with Gasteiger partial charge in [0.1, 0.15) is 5.82 Å². The predicted molar refractivity (Wildman–Crippen MR) is 129 cm³/mol. The summed E-state index contributed by atoms with van der Waals surface area (Å²) < 4.78 is 13.1. The van der Waals surface area contributed by atoms with Crippen LogP contribution in [0, 0.1) is 5.82 Å². The Kier molecular flexibility index (Phi) is 7.35. The zero-order chi connectivity index (χ0) is 19.3. The number of hydrogen-bond donors (Lipinski definition) is 1. The molecule has 1 fully saturated rings. The Hall–Kier alpha value is -2.29. The molecule has 0 atom stereocenters. The zero-order valence-electron chi connectivity index (χ0n) is 16.4. The first-order chi connectivity index (χ1) is 13.7. The summed E-state index contributed by atoms with van der Waals surface area (Å²) >= 11 is 0. The average molecular weight is 507 g/mol. The van der Waals surface area contributed by atoms with Crippen LogP contribution in [0.5, 0.6) is 0 Å². The van der Waals surface area contributed by atoms with E-state index in [2.05, 4.69) is 56.1 Å². The normalized spacial score (nSPS) is 16.9. The third-order valence-corrected chi connectivity index (χ3v) is 5.31. The van der Waals surface area contributed by atoms with E-state index < -0.39 is 0 Å². The molecule has 1 saturated heterocycles. The molecule has 0 unspecified atom stereocenters. The topological polar surface area (TPSA) is 48.1 Å². The van der Waals surface area contributed by atoms with Crippen molar-refractivity contribution in [3.63, 3.8) is 0 Å². The van der Waals surface area contributed by atoms with Crippen molar-refractivity contribution in [1.82, 2.24) is 4.90 Å². The lowest BCUT2D eigenvalue weighted by Crippen LogP contribution is -2.51. The summed E-state index contributed by atoms with van der Waals surface area (Å²) in [6, 6.07) is 15.2. The van der Waals surface area contributed by atoms with Gasteiger partial charge in [0, 0.05) is 50.6 Å². The summed E-state index contributed by atoms with van der Waals surface area (Å²) in [5.41, 5.74) is 9.68. The molecule has 29 heavy (non-hydrogen) atoms. The van der Waals surface area contributed by atoms with Crippen LogP contribution < -0.4 is 15.5 Å². The van der Waals surface area contributed by atoms with Crippen LogP contribution in [-0.4, -0.2) is 50.1 Å². The minimum absolute atomic E-state index is 0. The van der Waals surface area contributed by atoms with E-state index >= 15 is 0 Å². The molecule has 0 radical (unpaired) electrons. The molecule has 2 aliphatic heterocycles. The maximum Gasteiger partial charge on any atom is 0.191 e. The molecule has 0 saturated carbocycles. The highest BCUT2D eigenvalue weighted by atomic mass is 127. The van der Waals surface area contributed by atoms with Crippen LogP contribution in [0.15, 0.2) is 65.7 Å². The number of guanidine groups is 1. The molecule has 2 aliphatic rings. The van der Waals surface area contributed by atoms with Gasteiger partial charge in [-0.05, 0) is 42.0 Å². The third kappa shape index (κ3) is 5.41. The second-order valence-corrected chi connectivity index (χ2v) is 7.17. The number of nitrogens with two attached hydrogens (primary N) is 1. The first kappa shape index (κ1) is 21.4. The van der Waals surface area contributed by atoms with Gasteiger partial charge in [0.2, 0.25) is 0 Å². The van der Waals surface area contributed by atoms with Crippen LogP contribution in [0.25, 0.3) is 0 Å². The average Bonchev–Trinajstić information content (AvgIpc) is 3.28. The van der Waals surface area contributed by atoms with Gasteiger partial charge in [0.05, 0.1) is 6.54 Å².